The Hall–Kier alpha value is -1.93. The Morgan fingerprint density at radius 1 is 1.16 bits per heavy atom. The van der Waals surface area contributed by atoms with Crippen LogP contribution in [-0.2, 0) is 10.0 Å². The van der Waals surface area contributed by atoms with Gasteiger partial charge in [-0.2, -0.15) is 0 Å². The number of anilines is 1. The normalized spacial score (nSPS) is 16.8. The molecule has 31 heavy (non-hydrogen) atoms. The van der Waals surface area contributed by atoms with E-state index in [1.807, 2.05) is 6.92 Å². The Morgan fingerprint density at radius 3 is 2.48 bits per heavy atom. The van der Waals surface area contributed by atoms with Crippen molar-refractivity contribution < 1.29 is 13.2 Å². The monoisotopic (exact) mass is 463 g/mol. The minimum absolute atomic E-state index is 0.135. The highest BCUT2D eigenvalue weighted by atomic mass is 35.5. The van der Waals surface area contributed by atoms with Crippen LogP contribution in [0.3, 0.4) is 0 Å². The summed E-state index contributed by atoms with van der Waals surface area (Å²) in [6, 6.07) is 9.77. The van der Waals surface area contributed by atoms with E-state index in [4.69, 9.17) is 11.6 Å². The number of piperidine rings is 1. The summed E-state index contributed by atoms with van der Waals surface area (Å²) < 4.78 is 28.7. The second kappa shape index (κ2) is 9.69. The van der Waals surface area contributed by atoms with Crippen LogP contribution < -0.4 is 10.0 Å². The largest absolute Gasteiger partial charge is 0.322 e. The standard InChI is InChI=1S/C23H30ClN3O3S/c1-15-14-19(31(29,30)26-17(3)18-10-12-27(4)13-11-18)8-9-22(15)25-23(28)20-6-5-7-21(24)16(20)2/h5-9,14,17-18,26H,10-13H2,1-4H3,(H,25,28). The van der Waals surface area contributed by atoms with Crippen LogP contribution in [0.1, 0.15) is 41.3 Å². The molecule has 0 saturated carbocycles. The molecular formula is C23H30ClN3O3S. The molecule has 0 aromatic heterocycles. The minimum atomic E-state index is -3.65. The number of aryl methyl sites for hydroxylation is 1. The Morgan fingerprint density at radius 2 is 1.84 bits per heavy atom. The van der Waals surface area contributed by atoms with Crippen LogP contribution in [-0.4, -0.2) is 45.4 Å². The number of halogens is 1. The molecule has 1 fully saturated rings. The van der Waals surface area contributed by atoms with E-state index in [-0.39, 0.29) is 16.8 Å². The van der Waals surface area contributed by atoms with E-state index < -0.39 is 10.0 Å². The maximum absolute atomic E-state index is 12.9. The summed E-state index contributed by atoms with van der Waals surface area (Å²) in [6.45, 7) is 7.46. The molecule has 2 N–H and O–H groups in total. The first kappa shape index (κ1) is 23.7. The van der Waals surface area contributed by atoms with Gasteiger partial charge in [0.2, 0.25) is 10.0 Å². The second-order valence-corrected chi connectivity index (χ2v) is 10.5. The van der Waals surface area contributed by atoms with Crippen LogP contribution in [0.25, 0.3) is 0 Å². The van der Waals surface area contributed by atoms with Crippen molar-refractivity contribution in [2.45, 2.75) is 44.6 Å². The molecule has 0 aliphatic carbocycles. The number of nitrogens with one attached hydrogen (secondary N) is 2. The highest BCUT2D eigenvalue weighted by Crippen LogP contribution is 2.25. The van der Waals surface area contributed by atoms with Crippen LogP contribution >= 0.6 is 11.6 Å². The lowest BCUT2D eigenvalue weighted by molar-refractivity contribution is 0.102. The highest BCUT2D eigenvalue weighted by molar-refractivity contribution is 7.89. The Labute approximate surface area is 190 Å². The Bertz CT molecular complexity index is 1060. The molecule has 0 radical (unpaired) electrons. The van der Waals surface area contributed by atoms with E-state index in [1.54, 1.807) is 44.2 Å². The fourth-order valence-corrected chi connectivity index (χ4v) is 5.50. The molecule has 1 atom stereocenters. The predicted octanol–water partition coefficient (Wildman–Crippen LogP) is 4.22. The molecule has 6 nitrogen and oxygen atoms in total. The van der Waals surface area contributed by atoms with E-state index in [2.05, 4.69) is 22.0 Å². The summed E-state index contributed by atoms with van der Waals surface area (Å²) in [6.07, 6.45) is 1.96. The average Bonchev–Trinajstić information content (AvgIpc) is 2.71. The molecule has 8 heteroatoms. The third-order valence-electron chi connectivity index (χ3n) is 6.08. The van der Waals surface area contributed by atoms with Crippen molar-refractivity contribution in [3.8, 4) is 0 Å². The fourth-order valence-electron chi connectivity index (χ4n) is 3.92. The van der Waals surface area contributed by atoms with Crippen LogP contribution in [0.15, 0.2) is 41.3 Å². The van der Waals surface area contributed by atoms with Crippen molar-refractivity contribution in [2.75, 3.05) is 25.5 Å². The number of nitrogens with zero attached hydrogens (tertiary/aromatic N) is 1. The van der Waals surface area contributed by atoms with Crippen LogP contribution in [0.5, 0.6) is 0 Å². The maximum atomic E-state index is 12.9. The molecule has 1 heterocycles. The van der Waals surface area contributed by atoms with Crippen LogP contribution in [0.2, 0.25) is 5.02 Å². The number of hydrogen-bond acceptors (Lipinski definition) is 4. The minimum Gasteiger partial charge on any atom is -0.322 e. The van der Waals surface area contributed by atoms with E-state index in [0.29, 0.717) is 33.3 Å². The molecule has 3 rings (SSSR count). The first-order chi connectivity index (χ1) is 14.6. The summed E-state index contributed by atoms with van der Waals surface area (Å²) in [4.78, 5) is 15.1. The molecule has 1 aliphatic heterocycles. The zero-order valence-electron chi connectivity index (χ0n) is 18.4. The summed E-state index contributed by atoms with van der Waals surface area (Å²) in [5, 5.41) is 3.38. The lowest BCUT2D eigenvalue weighted by atomic mass is 9.91. The van der Waals surface area contributed by atoms with Crippen molar-refractivity contribution in [3.05, 3.63) is 58.1 Å². The number of benzene rings is 2. The second-order valence-electron chi connectivity index (χ2n) is 8.39. The molecule has 1 aliphatic rings. The lowest BCUT2D eigenvalue weighted by Gasteiger charge is -2.32. The molecule has 0 spiro atoms. The van der Waals surface area contributed by atoms with Crippen molar-refractivity contribution >= 4 is 33.2 Å². The number of likely N-dealkylation sites (tertiary alicyclic amines) is 1. The van der Waals surface area contributed by atoms with E-state index in [0.717, 1.165) is 25.9 Å². The number of hydrogen-bond donors (Lipinski definition) is 2. The SMILES string of the molecule is Cc1cc(S(=O)(=O)NC(C)C2CCN(C)CC2)ccc1NC(=O)c1cccc(Cl)c1C. The maximum Gasteiger partial charge on any atom is 0.255 e. The van der Waals surface area contributed by atoms with Gasteiger partial charge in [-0.05, 0) is 101 Å². The Balaban J connectivity index is 1.72. The van der Waals surface area contributed by atoms with Gasteiger partial charge in [0, 0.05) is 22.3 Å². The van der Waals surface area contributed by atoms with Crippen molar-refractivity contribution in [1.29, 1.82) is 0 Å². The molecule has 2 aromatic carbocycles. The third-order valence-corrected chi connectivity index (χ3v) is 8.05. The summed E-state index contributed by atoms with van der Waals surface area (Å²) in [5.74, 6) is 0.0410. The van der Waals surface area contributed by atoms with E-state index >= 15 is 0 Å². The predicted molar refractivity (Wildman–Crippen MR) is 125 cm³/mol. The van der Waals surface area contributed by atoms with Gasteiger partial charge in [0.25, 0.3) is 5.91 Å². The molecular weight excluding hydrogens is 434 g/mol. The summed E-state index contributed by atoms with van der Waals surface area (Å²) >= 11 is 6.11. The number of sulfonamides is 1. The molecule has 168 valence electrons. The Kier molecular flexibility index (Phi) is 7.42. The smallest absolute Gasteiger partial charge is 0.255 e. The summed E-state index contributed by atoms with van der Waals surface area (Å²) in [5.41, 5.74) is 2.41. The average molecular weight is 464 g/mol. The van der Waals surface area contributed by atoms with Gasteiger partial charge in [-0.15, -0.1) is 0 Å². The van der Waals surface area contributed by atoms with Gasteiger partial charge >= 0.3 is 0 Å². The molecule has 2 aromatic rings. The van der Waals surface area contributed by atoms with Gasteiger partial charge in [0.15, 0.2) is 0 Å². The lowest BCUT2D eigenvalue weighted by Crippen LogP contribution is -2.42. The van der Waals surface area contributed by atoms with Gasteiger partial charge in [0.05, 0.1) is 4.90 Å². The first-order valence-electron chi connectivity index (χ1n) is 10.5. The van der Waals surface area contributed by atoms with Gasteiger partial charge in [0.1, 0.15) is 0 Å². The third kappa shape index (κ3) is 5.66. The first-order valence-corrected chi connectivity index (χ1v) is 12.3. The van der Waals surface area contributed by atoms with Crippen LogP contribution in [0.4, 0.5) is 5.69 Å². The summed E-state index contributed by atoms with van der Waals surface area (Å²) in [7, 11) is -1.56. The van der Waals surface area contributed by atoms with Gasteiger partial charge in [-0.25, -0.2) is 13.1 Å². The van der Waals surface area contributed by atoms with Crippen LogP contribution in [0, 0.1) is 19.8 Å². The number of carbonyl (C=O) groups is 1. The molecule has 1 saturated heterocycles. The zero-order chi connectivity index (χ0) is 22.8. The fraction of sp³-hybridized carbons (Fsp3) is 0.435. The van der Waals surface area contributed by atoms with Crippen molar-refractivity contribution in [2.24, 2.45) is 5.92 Å². The van der Waals surface area contributed by atoms with E-state index in [9.17, 15) is 13.2 Å². The molecule has 1 amide bonds. The number of rotatable bonds is 6. The van der Waals surface area contributed by atoms with Crippen molar-refractivity contribution in [3.63, 3.8) is 0 Å². The number of amides is 1. The van der Waals surface area contributed by atoms with Gasteiger partial charge in [-0.1, -0.05) is 17.7 Å². The number of carbonyl (C=O) groups excluding carboxylic acids is 1. The zero-order valence-corrected chi connectivity index (χ0v) is 20.0. The topological polar surface area (TPSA) is 78.5 Å². The quantitative estimate of drug-likeness (QED) is 0.672. The molecule has 1 unspecified atom stereocenters. The molecule has 0 bridgehead atoms. The van der Waals surface area contributed by atoms with Crippen molar-refractivity contribution in [1.82, 2.24) is 9.62 Å². The van der Waals surface area contributed by atoms with E-state index in [1.165, 1.54) is 6.07 Å². The van der Waals surface area contributed by atoms with Gasteiger partial charge < -0.3 is 10.2 Å². The highest BCUT2D eigenvalue weighted by Gasteiger charge is 2.26. The van der Waals surface area contributed by atoms with Gasteiger partial charge in [-0.3, -0.25) is 4.79 Å².